The SMILES string of the molecule is CC(=O)N1CCC(c2nsc(Nc3ncc(Sc4ccccn4)cc3Oc3cccnc3)n2)CC1. The molecule has 11 heteroatoms. The van der Waals surface area contributed by atoms with Gasteiger partial charge in [-0.3, -0.25) is 9.78 Å². The van der Waals surface area contributed by atoms with E-state index in [1.54, 1.807) is 31.7 Å². The highest BCUT2D eigenvalue weighted by molar-refractivity contribution is 7.99. The van der Waals surface area contributed by atoms with Crippen molar-refractivity contribution >= 4 is 40.2 Å². The molecule has 4 aromatic heterocycles. The molecule has 0 atom stereocenters. The van der Waals surface area contributed by atoms with Gasteiger partial charge in [-0.15, -0.1) is 0 Å². The molecule has 178 valence electrons. The van der Waals surface area contributed by atoms with Crippen LogP contribution in [0.25, 0.3) is 0 Å². The third-order valence-corrected chi connectivity index (χ3v) is 7.08. The van der Waals surface area contributed by atoms with E-state index in [0.717, 1.165) is 41.7 Å². The second kappa shape index (κ2) is 10.8. The van der Waals surface area contributed by atoms with Crippen LogP contribution in [-0.4, -0.2) is 48.2 Å². The van der Waals surface area contributed by atoms with Crippen LogP contribution in [0.2, 0.25) is 0 Å². The number of nitrogens with one attached hydrogen (secondary N) is 1. The van der Waals surface area contributed by atoms with Crippen molar-refractivity contribution < 1.29 is 9.53 Å². The number of hydrogen-bond donors (Lipinski definition) is 1. The maximum absolute atomic E-state index is 11.6. The first kappa shape index (κ1) is 23.2. The summed E-state index contributed by atoms with van der Waals surface area (Å²) in [7, 11) is 0. The van der Waals surface area contributed by atoms with Crippen LogP contribution < -0.4 is 10.1 Å². The molecule has 0 radical (unpaired) electrons. The number of rotatable bonds is 7. The maximum atomic E-state index is 11.6. The molecule has 1 amide bonds. The third-order valence-electron chi connectivity index (χ3n) is 5.52. The molecule has 0 saturated carbocycles. The minimum absolute atomic E-state index is 0.119. The topological polar surface area (TPSA) is 106 Å². The first-order valence-corrected chi connectivity index (χ1v) is 12.8. The predicted molar refractivity (Wildman–Crippen MR) is 134 cm³/mol. The van der Waals surface area contributed by atoms with Crippen LogP contribution >= 0.6 is 23.3 Å². The lowest BCUT2D eigenvalue weighted by Crippen LogP contribution is -2.36. The van der Waals surface area contributed by atoms with E-state index in [0.29, 0.717) is 22.4 Å². The average Bonchev–Trinajstić information content (AvgIpc) is 3.35. The molecule has 1 fully saturated rings. The molecule has 0 bridgehead atoms. The van der Waals surface area contributed by atoms with Crippen LogP contribution in [0.3, 0.4) is 0 Å². The van der Waals surface area contributed by atoms with Gasteiger partial charge in [0.05, 0.1) is 6.20 Å². The van der Waals surface area contributed by atoms with Crippen LogP contribution in [0.1, 0.15) is 31.5 Å². The zero-order valence-electron chi connectivity index (χ0n) is 19.0. The van der Waals surface area contributed by atoms with E-state index >= 15 is 0 Å². The lowest BCUT2D eigenvalue weighted by atomic mass is 9.96. The number of anilines is 2. The third kappa shape index (κ3) is 5.92. The average molecular weight is 506 g/mol. The lowest BCUT2D eigenvalue weighted by Gasteiger charge is -2.29. The summed E-state index contributed by atoms with van der Waals surface area (Å²) < 4.78 is 10.7. The second-order valence-corrected chi connectivity index (χ2v) is 9.79. The molecule has 1 aliphatic rings. The normalized spacial score (nSPS) is 14.0. The van der Waals surface area contributed by atoms with Crippen molar-refractivity contribution in [2.45, 2.75) is 35.6 Å². The molecule has 5 rings (SSSR count). The van der Waals surface area contributed by atoms with Gasteiger partial charge in [-0.05, 0) is 37.1 Å². The number of piperidine rings is 1. The molecule has 9 nitrogen and oxygen atoms in total. The van der Waals surface area contributed by atoms with Crippen molar-refractivity contribution in [2.24, 2.45) is 0 Å². The fourth-order valence-corrected chi connectivity index (χ4v) is 5.14. The molecule has 5 heterocycles. The van der Waals surface area contributed by atoms with Crippen LogP contribution in [0.5, 0.6) is 11.5 Å². The number of aromatic nitrogens is 5. The Balaban J connectivity index is 1.34. The molecular weight excluding hydrogens is 482 g/mol. The van der Waals surface area contributed by atoms with Gasteiger partial charge in [-0.1, -0.05) is 17.8 Å². The number of carbonyl (C=O) groups excluding carboxylic acids is 1. The van der Waals surface area contributed by atoms with Gasteiger partial charge in [0.15, 0.2) is 11.6 Å². The Morgan fingerprint density at radius 3 is 2.77 bits per heavy atom. The largest absolute Gasteiger partial charge is 0.452 e. The minimum atomic E-state index is 0.119. The van der Waals surface area contributed by atoms with Gasteiger partial charge in [0.1, 0.15) is 16.6 Å². The summed E-state index contributed by atoms with van der Waals surface area (Å²) in [6.45, 7) is 3.09. The standard InChI is InChI=1S/C24H23N7O2S2/c1-16(32)31-11-7-17(8-12-31)22-28-24(35-30-22)29-23-20(33-18-5-4-9-25-14-18)13-19(15-27-23)34-21-6-2-3-10-26-21/h2-6,9-10,13-15,17H,7-8,11-12H2,1H3,(H,27,28,29,30). The van der Waals surface area contributed by atoms with Gasteiger partial charge < -0.3 is 15.0 Å². The number of nitrogens with zero attached hydrogens (tertiary/aromatic N) is 6. The summed E-state index contributed by atoms with van der Waals surface area (Å²) in [6, 6.07) is 11.4. The van der Waals surface area contributed by atoms with Crippen molar-refractivity contribution in [3.63, 3.8) is 0 Å². The Morgan fingerprint density at radius 2 is 2.03 bits per heavy atom. The van der Waals surface area contributed by atoms with Crippen molar-refractivity contribution in [1.29, 1.82) is 0 Å². The fraction of sp³-hybridized carbons (Fsp3) is 0.250. The van der Waals surface area contributed by atoms with Gasteiger partial charge in [-0.25, -0.2) is 15.0 Å². The number of hydrogen-bond acceptors (Lipinski definition) is 10. The van der Waals surface area contributed by atoms with Gasteiger partial charge in [0.25, 0.3) is 0 Å². The Hall–Kier alpha value is -3.57. The van der Waals surface area contributed by atoms with E-state index < -0.39 is 0 Å². The summed E-state index contributed by atoms with van der Waals surface area (Å²) in [5, 5.41) is 4.78. The molecule has 0 spiro atoms. The molecule has 0 aromatic carbocycles. The van der Waals surface area contributed by atoms with Crippen molar-refractivity contribution in [3.05, 3.63) is 67.0 Å². The van der Waals surface area contributed by atoms with E-state index in [1.807, 2.05) is 41.3 Å². The number of likely N-dealkylation sites (tertiary alicyclic amines) is 1. The summed E-state index contributed by atoms with van der Waals surface area (Å²) in [5.41, 5.74) is 0. The van der Waals surface area contributed by atoms with E-state index in [2.05, 4.69) is 24.6 Å². The molecular formula is C24H23N7O2S2. The van der Waals surface area contributed by atoms with Crippen LogP contribution in [0.4, 0.5) is 10.9 Å². The molecule has 0 unspecified atom stereocenters. The number of pyridine rings is 3. The Kier molecular flexibility index (Phi) is 7.15. The monoisotopic (exact) mass is 505 g/mol. The molecule has 1 saturated heterocycles. The Bertz CT molecular complexity index is 1280. The molecule has 4 aromatic rings. The first-order valence-electron chi connectivity index (χ1n) is 11.2. The summed E-state index contributed by atoms with van der Waals surface area (Å²) in [4.78, 5) is 32.2. The smallest absolute Gasteiger partial charge is 0.219 e. The summed E-state index contributed by atoms with van der Waals surface area (Å²) in [5.74, 6) is 2.85. The Morgan fingerprint density at radius 1 is 1.14 bits per heavy atom. The first-order chi connectivity index (χ1) is 17.1. The van der Waals surface area contributed by atoms with Gasteiger partial charge >= 0.3 is 0 Å². The van der Waals surface area contributed by atoms with E-state index in [4.69, 9.17) is 9.72 Å². The second-order valence-electron chi connectivity index (χ2n) is 7.94. The Labute approximate surface area is 211 Å². The minimum Gasteiger partial charge on any atom is -0.452 e. The molecule has 35 heavy (non-hydrogen) atoms. The van der Waals surface area contributed by atoms with E-state index in [9.17, 15) is 4.79 Å². The summed E-state index contributed by atoms with van der Waals surface area (Å²) >= 11 is 2.79. The highest BCUT2D eigenvalue weighted by atomic mass is 32.2. The van der Waals surface area contributed by atoms with Gasteiger partial charge in [0.2, 0.25) is 11.0 Å². The zero-order valence-corrected chi connectivity index (χ0v) is 20.6. The highest BCUT2D eigenvalue weighted by Crippen LogP contribution is 2.36. The molecule has 1 aliphatic heterocycles. The molecule has 1 N–H and O–H groups in total. The van der Waals surface area contributed by atoms with E-state index in [-0.39, 0.29) is 11.8 Å². The quantitative estimate of drug-likeness (QED) is 0.365. The highest BCUT2D eigenvalue weighted by Gasteiger charge is 2.25. The van der Waals surface area contributed by atoms with Crippen molar-refractivity contribution in [3.8, 4) is 11.5 Å². The van der Waals surface area contributed by atoms with Gasteiger partial charge in [-0.2, -0.15) is 4.37 Å². The zero-order chi connectivity index (χ0) is 24.0. The van der Waals surface area contributed by atoms with Crippen LogP contribution in [-0.2, 0) is 4.79 Å². The van der Waals surface area contributed by atoms with Crippen LogP contribution in [0, 0.1) is 0 Å². The van der Waals surface area contributed by atoms with Crippen molar-refractivity contribution in [2.75, 3.05) is 18.4 Å². The number of ether oxygens (including phenoxy) is 1. The van der Waals surface area contributed by atoms with Crippen LogP contribution in [0.15, 0.2) is 71.1 Å². The van der Waals surface area contributed by atoms with Gasteiger partial charge in [0, 0.05) is 67.0 Å². The predicted octanol–water partition coefficient (Wildman–Crippen LogP) is 5.14. The molecule has 0 aliphatic carbocycles. The summed E-state index contributed by atoms with van der Waals surface area (Å²) in [6.07, 6.45) is 8.61. The van der Waals surface area contributed by atoms with E-state index in [1.165, 1.54) is 23.3 Å². The maximum Gasteiger partial charge on any atom is 0.219 e. The fourth-order valence-electron chi connectivity index (χ4n) is 3.72. The number of amides is 1. The van der Waals surface area contributed by atoms with Crippen molar-refractivity contribution in [1.82, 2.24) is 29.2 Å². The lowest BCUT2D eigenvalue weighted by molar-refractivity contribution is -0.129. The number of carbonyl (C=O) groups is 1.